The van der Waals surface area contributed by atoms with Gasteiger partial charge in [-0.2, -0.15) is 0 Å². The standard InChI is InChI=1S/C19H23NO3S/c1-15-9-11-24-18(15)13-20(12-17-8-5-10-22-17)19(21)14-23-16-6-3-2-4-7-16/h2-4,6-7,9,11,17H,5,8,10,12-14H2,1H3/t17-/m0/s1. The van der Waals surface area contributed by atoms with Crippen LogP contribution in [-0.2, 0) is 16.1 Å². The van der Waals surface area contributed by atoms with Crippen molar-refractivity contribution in [1.29, 1.82) is 0 Å². The molecule has 3 rings (SSSR count). The van der Waals surface area contributed by atoms with Crippen LogP contribution in [0.5, 0.6) is 5.75 Å². The van der Waals surface area contributed by atoms with Crippen LogP contribution in [0.15, 0.2) is 41.8 Å². The first-order valence-corrected chi connectivity index (χ1v) is 9.20. The molecule has 0 bridgehead atoms. The van der Waals surface area contributed by atoms with Crippen LogP contribution in [0.1, 0.15) is 23.3 Å². The average Bonchev–Trinajstić information content (AvgIpc) is 3.25. The summed E-state index contributed by atoms with van der Waals surface area (Å²) in [5.41, 5.74) is 1.23. The fourth-order valence-electron chi connectivity index (χ4n) is 2.78. The first-order chi connectivity index (χ1) is 11.7. The van der Waals surface area contributed by atoms with Crippen molar-refractivity contribution in [3.05, 3.63) is 52.2 Å². The predicted octanol–water partition coefficient (Wildman–Crippen LogP) is 3.64. The Balaban J connectivity index is 1.63. The van der Waals surface area contributed by atoms with Crippen molar-refractivity contribution >= 4 is 17.2 Å². The average molecular weight is 345 g/mol. The minimum absolute atomic E-state index is 0.00199. The van der Waals surface area contributed by atoms with E-state index in [1.165, 1.54) is 10.4 Å². The van der Waals surface area contributed by atoms with Crippen LogP contribution >= 0.6 is 11.3 Å². The van der Waals surface area contributed by atoms with Crippen molar-refractivity contribution in [2.75, 3.05) is 19.8 Å². The van der Waals surface area contributed by atoms with Gasteiger partial charge in [-0.1, -0.05) is 18.2 Å². The second-order valence-electron chi connectivity index (χ2n) is 6.04. The molecule has 128 valence electrons. The zero-order valence-corrected chi connectivity index (χ0v) is 14.8. The highest BCUT2D eigenvalue weighted by Gasteiger charge is 2.23. The Morgan fingerprint density at radius 1 is 1.33 bits per heavy atom. The summed E-state index contributed by atoms with van der Waals surface area (Å²) in [6, 6.07) is 11.5. The molecule has 0 radical (unpaired) electrons. The molecule has 0 N–H and O–H groups in total. The molecule has 1 saturated heterocycles. The van der Waals surface area contributed by atoms with Crippen molar-refractivity contribution < 1.29 is 14.3 Å². The van der Waals surface area contributed by atoms with Gasteiger partial charge < -0.3 is 14.4 Å². The molecule has 2 heterocycles. The Morgan fingerprint density at radius 3 is 2.83 bits per heavy atom. The fourth-order valence-corrected chi connectivity index (χ4v) is 3.70. The Kier molecular flexibility index (Phi) is 5.88. The van der Waals surface area contributed by atoms with Gasteiger partial charge in [-0.3, -0.25) is 4.79 Å². The number of amides is 1. The van der Waals surface area contributed by atoms with E-state index < -0.39 is 0 Å². The monoisotopic (exact) mass is 345 g/mol. The van der Waals surface area contributed by atoms with E-state index in [9.17, 15) is 4.79 Å². The minimum atomic E-state index is 0.00199. The Bertz CT molecular complexity index is 650. The van der Waals surface area contributed by atoms with Crippen LogP contribution in [0.3, 0.4) is 0 Å². The van der Waals surface area contributed by atoms with Gasteiger partial charge in [0.15, 0.2) is 6.61 Å². The van der Waals surface area contributed by atoms with Gasteiger partial charge in [0, 0.05) is 18.0 Å². The third-order valence-electron chi connectivity index (χ3n) is 4.21. The topological polar surface area (TPSA) is 38.8 Å². The van der Waals surface area contributed by atoms with Crippen LogP contribution in [0.25, 0.3) is 0 Å². The number of benzene rings is 1. The Hall–Kier alpha value is -1.85. The third-order valence-corrected chi connectivity index (χ3v) is 5.22. The van der Waals surface area contributed by atoms with Crippen molar-refractivity contribution in [2.45, 2.75) is 32.4 Å². The highest BCUT2D eigenvalue weighted by Crippen LogP contribution is 2.20. The lowest BCUT2D eigenvalue weighted by Crippen LogP contribution is -2.39. The summed E-state index contributed by atoms with van der Waals surface area (Å²) in [6.07, 6.45) is 2.24. The van der Waals surface area contributed by atoms with E-state index in [-0.39, 0.29) is 18.6 Å². The highest BCUT2D eigenvalue weighted by atomic mass is 32.1. The number of para-hydroxylation sites is 1. The third kappa shape index (κ3) is 4.58. The molecule has 24 heavy (non-hydrogen) atoms. The summed E-state index contributed by atoms with van der Waals surface area (Å²) < 4.78 is 11.3. The molecule has 1 aliphatic rings. The molecule has 1 aliphatic heterocycles. The maximum Gasteiger partial charge on any atom is 0.260 e. The largest absolute Gasteiger partial charge is 0.484 e. The number of aryl methyl sites for hydroxylation is 1. The van der Waals surface area contributed by atoms with Gasteiger partial charge in [-0.05, 0) is 48.9 Å². The fraction of sp³-hybridized carbons (Fsp3) is 0.421. The van der Waals surface area contributed by atoms with Gasteiger partial charge in [0.25, 0.3) is 5.91 Å². The molecular weight excluding hydrogens is 322 g/mol. The first-order valence-electron chi connectivity index (χ1n) is 8.32. The summed E-state index contributed by atoms with van der Waals surface area (Å²) in [6.45, 7) is 4.20. The number of carbonyl (C=O) groups excluding carboxylic acids is 1. The summed E-state index contributed by atoms with van der Waals surface area (Å²) in [5, 5.41) is 2.07. The van der Waals surface area contributed by atoms with E-state index in [1.807, 2.05) is 35.2 Å². The minimum Gasteiger partial charge on any atom is -0.484 e. The van der Waals surface area contributed by atoms with Crippen molar-refractivity contribution in [1.82, 2.24) is 4.90 Å². The molecule has 0 spiro atoms. The molecule has 1 aromatic heterocycles. The Morgan fingerprint density at radius 2 is 2.17 bits per heavy atom. The lowest BCUT2D eigenvalue weighted by molar-refractivity contribution is -0.135. The van der Waals surface area contributed by atoms with Gasteiger partial charge >= 0.3 is 0 Å². The van der Waals surface area contributed by atoms with E-state index >= 15 is 0 Å². The number of hydrogen-bond donors (Lipinski definition) is 0. The second-order valence-corrected chi connectivity index (χ2v) is 7.04. The highest BCUT2D eigenvalue weighted by molar-refractivity contribution is 7.10. The second kappa shape index (κ2) is 8.31. The van der Waals surface area contributed by atoms with E-state index in [1.54, 1.807) is 11.3 Å². The summed E-state index contributed by atoms with van der Waals surface area (Å²) in [5.74, 6) is 0.720. The maximum atomic E-state index is 12.7. The van der Waals surface area contributed by atoms with Gasteiger partial charge in [0.2, 0.25) is 0 Å². The number of nitrogens with zero attached hydrogens (tertiary/aromatic N) is 1. The molecule has 2 aromatic rings. The molecular formula is C19H23NO3S. The molecule has 0 aliphatic carbocycles. The lowest BCUT2D eigenvalue weighted by atomic mass is 10.2. The maximum absolute atomic E-state index is 12.7. The summed E-state index contributed by atoms with van der Waals surface area (Å²) in [7, 11) is 0. The van der Waals surface area contributed by atoms with Gasteiger partial charge in [-0.25, -0.2) is 0 Å². The lowest BCUT2D eigenvalue weighted by Gasteiger charge is -2.25. The van der Waals surface area contributed by atoms with Crippen molar-refractivity contribution in [2.24, 2.45) is 0 Å². The van der Waals surface area contributed by atoms with Gasteiger partial charge in [0.1, 0.15) is 5.75 Å². The molecule has 1 amide bonds. The van der Waals surface area contributed by atoms with E-state index in [2.05, 4.69) is 18.4 Å². The molecule has 5 heteroatoms. The quantitative estimate of drug-likeness (QED) is 0.769. The molecule has 0 unspecified atom stereocenters. The summed E-state index contributed by atoms with van der Waals surface area (Å²) >= 11 is 1.69. The molecule has 0 saturated carbocycles. The number of ether oxygens (including phenoxy) is 2. The molecule has 1 aromatic carbocycles. The normalized spacial score (nSPS) is 17.0. The predicted molar refractivity (Wildman–Crippen MR) is 95.4 cm³/mol. The molecule has 1 atom stereocenters. The zero-order chi connectivity index (χ0) is 16.8. The Labute approximate surface area is 147 Å². The van der Waals surface area contributed by atoms with Crippen LogP contribution in [0, 0.1) is 6.92 Å². The smallest absolute Gasteiger partial charge is 0.260 e. The van der Waals surface area contributed by atoms with E-state index in [0.29, 0.717) is 13.1 Å². The van der Waals surface area contributed by atoms with Crippen LogP contribution < -0.4 is 4.74 Å². The number of carbonyl (C=O) groups is 1. The zero-order valence-electron chi connectivity index (χ0n) is 13.9. The molecule has 1 fully saturated rings. The van der Waals surface area contributed by atoms with Crippen LogP contribution in [0.2, 0.25) is 0 Å². The van der Waals surface area contributed by atoms with Crippen molar-refractivity contribution in [3.63, 3.8) is 0 Å². The van der Waals surface area contributed by atoms with Gasteiger partial charge in [0.05, 0.1) is 12.6 Å². The molecule has 4 nitrogen and oxygen atoms in total. The summed E-state index contributed by atoms with van der Waals surface area (Å²) in [4.78, 5) is 15.8. The van der Waals surface area contributed by atoms with E-state index in [4.69, 9.17) is 9.47 Å². The van der Waals surface area contributed by atoms with E-state index in [0.717, 1.165) is 25.2 Å². The first kappa shape index (κ1) is 17.0. The number of hydrogen-bond acceptors (Lipinski definition) is 4. The van der Waals surface area contributed by atoms with Gasteiger partial charge in [-0.15, -0.1) is 11.3 Å². The van der Waals surface area contributed by atoms with Crippen LogP contribution in [0.4, 0.5) is 0 Å². The number of rotatable bonds is 7. The SMILES string of the molecule is Cc1ccsc1CN(C[C@@H]1CCCO1)C(=O)COc1ccccc1. The van der Waals surface area contributed by atoms with Crippen molar-refractivity contribution in [3.8, 4) is 5.75 Å². The van der Waals surface area contributed by atoms with Crippen LogP contribution in [-0.4, -0.2) is 36.7 Å². The number of thiophene rings is 1.